The number of ether oxygens (including phenoxy) is 2. The molecule has 0 bridgehead atoms. The third-order valence-electron chi connectivity index (χ3n) is 2.18. The van der Waals surface area contributed by atoms with Gasteiger partial charge >= 0.3 is 6.18 Å². The molecule has 0 aliphatic rings. The molecule has 18 heavy (non-hydrogen) atoms. The van der Waals surface area contributed by atoms with E-state index in [1.165, 1.54) is 14.2 Å². The molecule has 100 valence electrons. The van der Waals surface area contributed by atoms with Gasteiger partial charge in [-0.1, -0.05) is 0 Å². The van der Waals surface area contributed by atoms with E-state index in [0.717, 1.165) is 12.1 Å². The fraction of sp³-hybridized carbons (Fsp3) is 0.400. The van der Waals surface area contributed by atoms with Crippen LogP contribution in [0.15, 0.2) is 18.2 Å². The van der Waals surface area contributed by atoms with E-state index >= 15 is 0 Å². The van der Waals surface area contributed by atoms with E-state index < -0.39 is 28.6 Å². The minimum atomic E-state index is -4.67. The maximum atomic E-state index is 12.6. The molecule has 5 nitrogen and oxygen atoms in total. The first-order valence-electron chi connectivity index (χ1n) is 4.71. The summed E-state index contributed by atoms with van der Waals surface area (Å²) in [6.45, 7) is 0. The zero-order valence-corrected chi connectivity index (χ0v) is 9.52. The molecular formula is C10H10F3NO4. The number of nitrogens with zero attached hydrogens (tertiary/aromatic N) is 1. The summed E-state index contributed by atoms with van der Waals surface area (Å²) in [6, 6.07) is 2.20. The summed E-state index contributed by atoms with van der Waals surface area (Å²) < 4.78 is 47.3. The van der Waals surface area contributed by atoms with E-state index in [-0.39, 0.29) is 5.56 Å². The first-order valence-corrected chi connectivity index (χ1v) is 4.71. The Hall–Kier alpha value is -1.67. The fourth-order valence-electron chi connectivity index (χ4n) is 1.41. The summed E-state index contributed by atoms with van der Waals surface area (Å²) in [4.78, 5) is 9.69. The normalized spacial score (nSPS) is 11.9. The van der Waals surface area contributed by atoms with Crippen LogP contribution in [0.25, 0.3) is 0 Å². The highest BCUT2D eigenvalue weighted by molar-refractivity contribution is 5.41. The summed E-state index contributed by atoms with van der Waals surface area (Å²) in [6.07, 6.45) is -5.77. The molecule has 0 N–H and O–H groups in total. The summed E-state index contributed by atoms with van der Waals surface area (Å²) in [5.41, 5.74) is -1.86. The molecule has 0 heterocycles. The molecule has 0 unspecified atom stereocenters. The number of halogens is 3. The molecule has 0 amide bonds. The Balaban J connectivity index is 3.35. The van der Waals surface area contributed by atoms with Crippen molar-refractivity contribution in [3.63, 3.8) is 0 Å². The van der Waals surface area contributed by atoms with Gasteiger partial charge in [0, 0.05) is 31.9 Å². The van der Waals surface area contributed by atoms with Crippen molar-refractivity contribution < 1.29 is 27.6 Å². The smallest absolute Gasteiger partial charge is 0.352 e. The number of non-ortho nitro benzene ring substituents is 1. The molecule has 1 rings (SSSR count). The molecule has 0 saturated carbocycles. The maximum Gasteiger partial charge on any atom is 0.416 e. The number of nitro benzene ring substituents is 1. The SMILES string of the molecule is COC(OC)c1cc([N+](=O)[O-])cc(C(F)(F)F)c1. The van der Waals surface area contributed by atoms with Crippen LogP contribution in [0.4, 0.5) is 18.9 Å². The van der Waals surface area contributed by atoms with Crippen LogP contribution < -0.4 is 0 Å². The Bertz CT molecular complexity index is 443. The first kappa shape index (κ1) is 14.4. The standard InChI is InChI=1S/C10H10F3NO4/c1-17-9(18-2)6-3-7(10(11,12)13)5-8(4-6)14(15)16/h3-5,9H,1-2H3. The maximum absolute atomic E-state index is 12.6. The second-order valence-corrected chi connectivity index (χ2v) is 3.37. The Kier molecular flexibility index (Phi) is 4.25. The molecule has 0 atom stereocenters. The number of hydrogen-bond donors (Lipinski definition) is 0. The highest BCUT2D eigenvalue weighted by atomic mass is 19.4. The van der Waals surface area contributed by atoms with Gasteiger partial charge in [-0.15, -0.1) is 0 Å². The Morgan fingerprint density at radius 1 is 1.22 bits per heavy atom. The zero-order valence-electron chi connectivity index (χ0n) is 9.52. The molecule has 0 fully saturated rings. The average molecular weight is 265 g/mol. The predicted octanol–water partition coefficient (Wildman–Crippen LogP) is 2.91. The van der Waals surface area contributed by atoms with Crippen LogP contribution in [0.2, 0.25) is 0 Å². The van der Waals surface area contributed by atoms with Crippen molar-refractivity contribution in [3.05, 3.63) is 39.4 Å². The van der Waals surface area contributed by atoms with E-state index in [2.05, 4.69) is 0 Å². The topological polar surface area (TPSA) is 61.6 Å². The molecule has 1 aromatic carbocycles. The number of benzene rings is 1. The van der Waals surface area contributed by atoms with E-state index in [1.54, 1.807) is 0 Å². The molecule has 8 heteroatoms. The highest BCUT2D eigenvalue weighted by Gasteiger charge is 2.33. The van der Waals surface area contributed by atoms with Crippen LogP contribution >= 0.6 is 0 Å². The predicted molar refractivity (Wildman–Crippen MR) is 54.9 cm³/mol. The number of rotatable bonds is 4. The van der Waals surface area contributed by atoms with Gasteiger partial charge in [-0.25, -0.2) is 0 Å². The van der Waals surface area contributed by atoms with Crippen molar-refractivity contribution in [3.8, 4) is 0 Å². The van der Waals surface area contributed by atoms with E-state index in [9.17, 15) is 23.3 Å². The summed E-state index contributed by atoms with van der Waals surface area (Å²) in [7, 11) is 2.44. The van der Waals surface area contributed by atoms with Crippen LogP contribution in [0.1, 0.15) is 17.4 Å². The number of methoxy groups -OCH3 is 2. The van der Waals surface area contributed by atoms with E-state index in [0.29, 0.717) is 6.07 Å². The van der Waals surface area contributed by atoms with Crippen LogP contribution in [-0.2, 0) is 15.7 Å². The number of nitro groups is 1. The lowest BCUT2D eigenvalue weighted by Gasteiger charge is -2.15. The quantitative estimate of drug-likeness (QED) is 0.477. The molecule has 0 saturated heterocycles. The monoisotopic (exact) mass is 265 g/mol. The van der Waals surface area contributed by atoms with Crippen LogP contribution in [0, 0.1) is 10.1 Å². The number of hydrogen-bond acceptors (Lipinski definition) is 4. The molecular weight excluding hydrogens is 255 g/mol. The van der Waals surface area contributed by atoms with Gasteiger partial charge in [0.15, 0.2) is 6.29 Å². The molecule has 0 radical (unpaired) electrons. The second kappa shape index (κ2) is 5.32. The van der Waals surface area contributed by atoms with Gasteiger partial charge in [0.05, 0.1) is 10.5 Å². The molecule has 0 spiro atoms. The van der Waals surface area contributed by atoms with Crippen LogP contribution in [0.5, 0.6) is 0 Å². The molecule has 0 aromatic heterocycles. The first-order chi connectivity index (χ1) is 8.29. The van der Waals surface area contributed by atoms with Crippen molar-refractivity contribution in [1.29, 1.82) is 0 Å². The fourth-order valence-corrected chi connectivity index (χ4v) is 1.41. The Morgan fingerprint density at radius 2 is 1.78 bits per heavy atom. The van der Waals surface area contributed by atoms with Gasteiger partial charge in [0.25, 0.3) is 5.69 Å². The van der Waals surface area contributed by atoms with Crippen LogP contribution in [0.3, 0.4) is 0 Å². The van der Waals surface area contributed by atoms with Gasteiger partial charge in [0.1, 0.15) is 0 Å². The van der Waals surface area contributed by atoms with E-state index in [4.69, 9.17) is 9.47 Å². The summed E-state index contributed by atoms with van der Waals surface area (Å²) >= 11 is 0. The zero-order chi connectivity index (χ0) is 13.9. The third kappa shape index (κ3) is 3.17. The van der Waals surface area contributed by atoms with Gasteiger partial charge in [-0.3, -0.25) is 10.1 Å². The van der Waals surface area contributed by atoms with Gasteiger partial charge in [-0.05, 0) is 6.07 Å². The van der Waals surface area contributed by atoms with Gasteiger partial charge < -0.3 is 9.47 Å². The third-order valence-corrected chi connectivity index (χ3v) is 2.18. The molecule has 0 aliphatic carbocycles. The van der Waals surface area contributed by atoms with Crippen molar-refractivity contribution in [2.24, 2.45) is 0 Å². The summed E-state index contributed by atoms with van der Waals surface area (Å²) in [5.74, 6) is 0. The Labute approximate surface area is 100 Å². The second-order valence-electron chi connectivity index (χ2n) is 3.37. The Morgan fingerprint density at radius 3 is 2.17 bits per heavy atom. The highest BCUT2D eigenvalue weighted by Crippen LogP contribution is 2.34. The number of alkyl halides is 3. The largest absolute Gasteiger partial charge is 0.416 e. The minimum absolute atomic E-state index is 0.0680. The lowest BCUT2D eigenvalue weighted by Crippen LogP contribution is -2.10. The lowest BCUT2D eigenvalue weighted by atomic mass is 10.1. The summed E-state index contributed by atoms with van der Waals surface area (Å²) in [5, 5.41) is 10.6. The van der Waals surface area contributed by atoms with Crippen molar-refractivity contribution in [2.45, 2.75) is 12.5 Å². The minimum Gasteiger partial charge on any atom is -0.352 e. The van der Waals surface area contributed by atoms with Crippen molar-refractivity contribution >= 4 is 5.69 Å². The van der Waals surface area contributed by atoms with Gasteiger partial charge in [-0.2, -0.15) is 13.2 Å². The van der Waals surface area contributed by atoms with Crippen molar-refractivity contribution in [1.82, 2.24) is 0 Å². The van der Waals surface area contributed by atoms with Crippen molar-refractivity contribution in [2.75, 3.05) is 14.2 Å². The lowest BCUT2D eigenvalue weighted by molar-refractivity contribution is -0.385. The van der Waals surface area contributed by atoms with Crippen LogP contribution in [-0.4, -0.2) is 19.1 Å². The van der Waals surface area contributed by atoms with Gasteiger partial charge in [0.2, 0.25) is 0 Å². The average Bonchev–Trinajstić information content (AvgIpc) is 2.29. The van der Waals surface area contributed by atoms with E-state index in [1.807, 2.05) is 0 Å². The molecule has 0 aliphatic heterocycles. The molecule has 1 aromatic rings.